The second-order valence-corrected chi connectivity index (χ2v) is 4.67. The van der Waals surface area contributed by atoms with Crippen LogP contribution in [0.2, 0.25) is 0 Å². The van der Waals surface area contributed by atoms with Gasteiger partial charge >= 0.3 is 0 Å². The number of hydrogen-bond acceptors (Lipinski definition) is 5. The minimum Gasteiger partial charge on any atom is -0.496 e. The molecule has 6 heteroatoms. The van der Waals surface area contributed by atoms with E-state index in [1.54, 1.807) is 13.4 Å². The summed E-state index contributed by atoms with van der Waals surface area (Å²) in [5.74, 6) is 1.61. The second kappa shape index (κ2) is 5.78. The van der Waals surface area contributed by atoms with Crippen LogP contribution in [0, 0.1) is 0 Å². The van der Waals surface area contributed by atoms with Crippen molar-refractivity contribution < 1.29 is 4.74 Å². The number of aromatic nitrogens is 4. The molecule has 0 radical (unpaired) electrons. The third-order valence-electron chi connectivity index (χ3n) is 3.46. The molecule has 0 aliphatic heterocycles. The number of fused-ring (bicyclic) bond motifs is 1. The quantitative estimate of drug-likeness (QED) is 0.753. The minimum atomic E-state index is 0.0996. The van der Waals surface area contributed by atoms with E-state index in [4.69, 9.17) is 4.74 Å². The minimum absolute atomic E-state index is 0.0996. The number of hydrogen-bond donors (Lipinski definition) is 2. The summed E-state index contributed by atoms with van der Waals surface area (Å²) >= 11 is 0. The van der Waals surface area contributed by atoms with Crippen molar-refractivity contribution in [2.45, 2.75) is 19.4 Å². The first-order chi connectivity index (χ1) is 10.3. The first kappa shape index (κ1) is 13.4. The van der Waals surface area contributed by atoms with Crippen molar-refractivity contribution in [3.05, 3.63) is 42.5 Å². The SMILES string of the molecule is CC[C@H](Nc1ncnc2nc[nH]c12)c1ccccc1OC. The Balaban J connectivity index is 1.96. The Labute approximate surface area is 122 Å². The lowest BCUT2D eigenvalue weighted by molar-refractivity contribution is 0.406. The molecule has 6 nitrogen and oxygen atoms in total. The smallest absolute Gasteiger partial charge is 0.182 e. The van der Waals surface area contributed by atoms with Gasteiger partial charge in [0.25, 0.3) is 0 Å². The van der Waals surface area contributed by atoms with Gasteiger partial charge in [0.15, 0.2) is 11.5 Å². The van der Waals surface area contributed by atoms with Crippen molar-refractivity contribution in [1.82, 2.24) is 19.9 Å². The highest BCUT2D eigenvalue weighted by molar-refractivity contribution is 5.82. The molecule has 0 spiro atoms. The van der Waals surface area contributed by atoms with E-state index >= 15 is 0 Å². The van der Waals surface area contributed by atoms with Crippen LogP contribution in [0.5, 0.6) is 5.75 Å². The van der Waals surface area contributed by atoms with Gasteiger partial charge < -0.3 is 15.0 Å². The van der Waals surface area contributed by atoms with Crippen molar-refractivity contribution >= 4 is 17.0 Å². The van der Waals surface area contributed by atoms with E-state index < -0.39 is 0 Å². The lowest BCUT2D eigenvalue weighted by Gasteiger charge is -2.20. The lowest BCUT2D eigenvalue weighted by Crippen LogP contribution is -2.12. The van der Waals surface area contributed by atoms with Crippen LogP contribution in [0.3, 0.4) is 0 Å². The van der Waals surface area contributed by atoms with Crippen LogP contribution in [0.25, 0.3) is 11.2 Å². The number of rotatable bonds is 5. The molecule has 0 unspecified atom stereocenters. The lowest BCUT2D eigenvalue weighted by atomic mass is 10.0. The molecule has 0 aliphatic rings. The molecule has 0 amide bonds. The van der Waals surface area contributed by atoms with Crippen LogP contribution in [0.4, 0.5) is 5.82 Å². The third kappa shape index (κ3) is 2.52. The highest BCUT2D eigenvalue weighted by atomic mass is 16.5. The topological polar surface area (TPSA) is 75.7 Å². The van der Waals surface area contributed by atoms with Gasteiger partial charge in [0, 0.05) is 5.56 Å². The molecule has 0 saturated heterocycles. The number of H-pyrrole nitrogens is 1. The fourth-order valence-corrected chi connectivity index (χ4v) is 2.39. The molecule has 0 bridgehead atoms. The summed E-state index contributed by atoms with van der Waals surface area (Å²) in [5.41, 5.74) is 2.57. The summed E-state index contributed by atoms with van der Waals surface area (Å²) in [7, 11) is 1.68. The van der Waals surface area contributed by atoms with Gasteiger partial charge in [0.05, 0.1) is 19.5 Å². The Kier molecular flexibility index (Phi) is 3.68. The average molecular weight is 283 g/mol. The van der Waals surface area contributed by atoms with Crippen molar-refractivity contribution in [3.8, 4) is 5.75 Å². The highest BCUT2D eigenvalue weighted by Gasteiger charge is 2.16. The molecule has 0 saturated carbocycles. The number of nitrogens with zero attached hydrogens (tertiary/aromatic N) is 3. The Hall–Kier alpha value is -2.63. The summed E-state index contributed by atoms with van der Waals surface area (Å²) in [6.07, 6.45) is 4.04. The van der Waals surface area contributed by atoms with Crippen LogP contribution < -0.4 is 10.1 Å². The van der Waals surface area contributed by atoms with Crippen LogP contribution >= 0.6 is 0 Å². The maximum absolute atomic E-state index is 5.45. The van der Waals surface area contributed by atoms with E-state index in [1.165, 1.54) is 6.33 Å². The Morgan fingerprint density at radius 1 is 1.24 bits per heavy atom. The zero-order valence-corrected chi connectivity index (χ0v) is 12.0. The van der Waals surface area contributed by atoms with Crippen molar-refractivity contribution in [1.29, 1.82) is 0 Å². The molecule has 21 heavy (non-hydrogen) atoms. The number of benzene rings is 1. The van der Waals surface area contributed by atoms with Crippen LogP contribution in [0.15, 0.2) is 36.9 Å². The van der Waals surface area contributed by atoms with E-state index in [2.05, 4.69) is 38.2 Å². The Morgan fingerprint density at radius 2 is 2.10 bits per heavy atom. The van der Waals surface area contributed by atoms with Crippen LogP contribution in [-0.2, 0) is 0 Å². The molecule has 1 atom stereocenters. The highest BCUT2D eigenvalue weighted by Crippen LogP contribution is 2.30. The van der Waals surface area contributed by atoms with Gasteiger partial charge in [0.2, 0.25) is 0 Å². The summed E-state index contributed by atoms with van der Waals surface area (Å²) < 4.78 is 5.45. The molecule has 2 N–H and O–H groups in total. The normalized spacial score (nSPS) is 12.3. The number of aromatic amines is 1. The monoisotopic (exact) mass is 283 g/mol. The van der Waals surface area contributed by atoms with Gasteiger partial charge in [-0.05, 0) is 12.5 Å². The molecular weight excluding hydrogens is 266 g/mol. The molecule has 108 valence electrons. The first-order valence-corrected chi connectivity index (χ1v) is 6.87. The number of anilines is 1. The van der Waals surface area contributed by atoms with Gasteiger partial charge in [0.1, 0.15) is 17.6 Å². The maximum atomic E-state index is 5.45. The van der Waals surface area contributed by atoms with Crippen LogP contribution in [-0.4, -0.2) is 27.0 Å². The fourth-order valence-electron chi connectivity index (χ4n) is 2.39. The average Bonchev–Trinajstić information content (AvgIpc) is 3.02. The van der Waals surface area contributed by atoms with Crippen molar-refractivity contribution in [2.24, 2.45) is 0 Å². The predicted molar refractivity (Wildman–Crippen MR) is 81.3 cm³/mol. The zero-order valence-electron chi connectivity index (χ0n) is 12.0. The van der Waals surface area contributed by atoms with E-state index in [9.17, 15) is 0 Å². The van der Waals surface area contributed by atoms with Crippen molar-refractivity contribution in [3.63, 3.8) is 0 Å². The second-order valence-electron chi connectivity index (χ2n) is 4.67. The molecule has 3 rings (SSSR count). The first-order valence-electron chi connectivity index (χ1n) is 6.87. The Bertz CT molecular complexity index is 740. The molecule has 2 aromatic heterocycles. The van der Waals surface area contributed by atoms with Gasteiger partial charge in [-0.2, -0.15) is 0 Å². The van der Waals surface area contributed by atoms with Gasteiger partial charge in [-0.25, -0.2) is 15.0 Å². The number of nitrogens with one attached hydrogen (secondary N) is 2. The van der Waals surface area contributed by atoms with Crippen LogP contribution in [0.1, 0.15) is 24.9 Å². The number of imidazole rings is 1. The van der Waals surface area contributed by atoms with E-state index in [0.29, 0.717) is 5.65 Å². The molecule has 0 fully saturated rings. The van der Waals surface area contributed by atoms with E-state index in [0.717, 1.165) is 29.1 Å². The molecule has 0 aliphatic carbocycles. The Morgan fingerprint density at radius 3 is 2.90 bits per heavy atom. The standard InChI is InChI=1S/C15H17N5O/c1-3-11(10-6-4-5-7-12(10)21-2)20-15-13-14(17-8-16-13)18-9-19-15/h4-9,11H,3H2,1-2H3,(H2,16,17,18,19,20)/t11-/m0/s1. The summed E-state index contributed by atoms with van der Waals surface area (Å²) in [6, 6.07) is 8.10. The summed E-state index contributed by atoms with van der Waals surface area (Å²) in [4.78, 5) is 15.7. The zero-order chi connectivity index (χ0) is 14.7. The van der Waals surface area contributed by atoms with Crippen molar-refractivity contribution in [2.75, 3.05) is 12.4 Å². The molecular formula is C15H17N5O. The number of methoxy groups -OCH3 is 1. The number of para-hydroxylation sites is 1. The van der Waals surface area contributed by atoms with E-state index in [-0.39, 0.29) is 6.04 Å². The molecule has 3 aromatic rings. The fraction of sp³-hybridized carbons (Fsp3) is 0.267. The van der Waals surface area contributed by atoms with E-state index in [1.807, 2.05) is 18.2 Å². The summed E-state index contributed by atoms with van der Waals surface area (Å²) in [6.45, 7) is 2.12. The molecule has 1 aromatic carbocycles. The third-order valence-corrected chi connectivity index (χ3v) is 3.46. The van der Waals surface area contributed by atoms with Gasteiger partial charge in [-0.3, -0.25) is 0 Å². The number of ether oxygens (including phenoxy) is 1. The van der Waals surface area contributed by atoms with Gasteiger partial charge in [-0.1, -0.05) is 25.1 Å². The predicted octanol–water partition coefficient (Wildman–Crippen LogP) is 2.92. The van der Waals surface area contributed by atoms with Gasteiger partial charge in [-0.15, -0.1) is 0 Å². The largest absolute Gasteiger partial charge is 0.496 e. The molecule has 2 heterocycles. The summed E-state index contributed by atoms with van der Waals surface area (Å²) in [5, 5.41) is 3.45. The maximum Gasteiger partial charge on any atom is 0.182 e.